The number of nitrogen functional groups attached to an aromatic ring is 1. The second-order valence-electron chi connectivity index (χ2n) is 2.90. The van der Waals surface area contributed by atoms with Gasteiger partial charge in [0.1, 0.15) is 0 Å². The second kappa shape index (κ2) is 4.71. The first kappa shape index (κ1) is 11.4. The lowest BCUT2D eigenvalue weighted by atomic mass is 10.1. The van der Waals surface area contributed by atoms with Crippen LogP contribution in [0.25, 0.3) is 0 Å². The maximum atomic E-state index is 11.7. The van der Waals surface area contributed by atoms with Gasteiger partial charge >= 0.3 is 0 Å². The number of Topliss-reactive ketones (excluding diaryl/α,β-unsaturated/α-hetero) is 1. The molecule has 0 amide bonds. The Morgan fingerprint density at radius 2 is 2.21 bits per heavy atom. The van der Waals surface area contributed by atoms with Crippen LogP contribution in [0.15, 0.2) is 23.1 Å². The van der Waals surface area contributed by atoms with Crippen LogP contribution in [0.4, 0.5) is 5.69 Å². The maximum absolute atomic E-state index is 11.7. The van der Waals surface area contributed by atoms with Crippen molar-refractivity contribution in [3.8, 4) is 0 Å². The molecule has 1 aromatic carbocycles. The summed E-state index contributed by atoms with van der Waals surface area (Å²) >= 11 is 7.25. The minimum Gasteiger partial charge on any atom is -0.398 e. The lowest BCUT2D eigenvalue weighted by Crippen LogP contribution is -2.14. The molecule has 76 valence electrons. The van der Waals surface area contributed by atoms with Gasteiger partial charge in [-0.15, -0.1) is 23.4 Å². The number of hydrogen-bond acceptors (Lipinski definition) is 3. The fourth-order valence-electron chi connectivity index (χ4n) is 1.18. The summed E-state index contributed by atoms with van der Waals surface area (Å²) in [5.41, 5.74) is 6.78. The van der Waals surface area contributed by atoms with Gasteiger partial charge in [-0.1, -0.05) is 6.07 Å². The molecule has 1 rings (SSSR count). The fraction of sp³-hybridized carbons (Fsp3) is 0.300. The monoisotopic (exact) mass is 229 g/mol. The van der Waals surface area contributed by atoms with Crippen molar-refractivity contribution >= 4 is 34.8 Å². The van der Waals surface area contributed by atoms with E-state index in [9.17, 15) is 4.79 Å². The molecule has 0 saturated heterocycles. The molecule has 1 aromatic rings. The minimum atomic E-state index is -0.536. The van der Waals surface area contributed by atoms with Crippen molar-refractivity contribution < 1.29 is 4.79 Å². The predicted molar refractivity (Wildman–Crippen MR) is 62.3 cm³/mol. The first-order chi connectivity index (χ1) is 6.57. The zero-order valence-electron chi connectivity index (χ0n) is 8.08. The maximum Gasteiger partial charge on any atom is 0.183 e. The van der Waals surface area contributed by atoms with Gasteiger partial charge in [0, 0.05) is 10.6 Å². The normalized spacial score (nSPS) is 12.5. The van der Waals surface area contributed by atoms with Crippen LogP contribution in [0.1, 0.15) is 17.3 Å². The topological polar surface area (TPSA) is 43.1 Å². The fourth-order valence-corrected chi connectivity index (χ4v) is 1.93. The molecular weight excluding hydrogens is 218 g/mol. The van der Waals surface area contributed by atoms with Crippen LogP contribution in [0.2, 0.25) is 0 Å². The third-order valence-corrected chi connectivity index (χ3v) is 2.86. The van der Waals surface area contributed by atoms with E-state index in [1.807, 2.05) is 18.4 Å². The Kier molecular flexibility index (Phi) is 3.84. The van der Waals surface area contributed by atoms with Crippen molar-refractivity contribution in [2.24, 2.45) is 0 Å². The van der Waals surface area contributed by atoms with Gasteiger partial charge in [0.25, 0.3) is 0 Å². The van der Waals surface area contributed by atoms with Crippen LogP contribution in [-0.2, 0) is 0 Å². The molecule has 0 radical (unpaired) electrons. The van der Waals surface area contributed by atoms with Gasteiger partial charge < -0.3 is 5.73 Å². The van der Waals surface area contributed by atoms with E-state index in [0.717, 1.165) is 4.90 Å². The van der Waals surface area contributed by atoms with Gasteiger partial charge in [0.15, 0.2) is 5.78 Å². The third-order valence-electron chi connectivity index (χ3n) is 1.89. The van der Waals surface area contributed by atoms with Crippen molar-refractivity contribution in [1.82, 2.24) is 0 Å². The molecule has 1 atom stereocenters. The molecule has 0 aliphatic rings. The molecule has 0 heterocycles. The van der Waals surface area contributed by atoms with Crippen LogP contribution in [-0.4, -0.2) is 17.4 Å². The van der Waals surface area contributed by atoms with Crippen LogP contribution >= 0.6 is 23.4 Å². The molecule has 14 heavy (non-hydrogen) atoms. The zero-order chi connectivity index (χ0) is 10.7. The molecular formula is C10H12ClNOS. The number of nitrogens with two attached hydrogens (primary N) is 1. The van der Waals surface area contributed by atoms with E-state index in [-0.39, 0.29) is 5.78 Å². The van der Waals surface area contributed by atoms with Gasteiger partial charge in [-0.05, 0) is 25.3 Å². The van der Waals surface area contributed by atoms with E-state index < -0.39 is 5.38 Å². The number of alkyl halides is 1. The molecule has 0 aliphatic heterocycles. The molecule has 0 aliphatic carbocycles. The quantitative estimate of drug-likeness (QED) is 0.375. The van der Waals surface area contributed by atoms with E-state index >= 15 is 0 Å². The standard InChI is InChI=1S/C10H12ClNOS/c1-6(11)10(13)9-7(12)4-3-5-8(9)14-2/h3-6H,12H2,1-2H3. The highest BCUT2D eigenvalue weighted by Crippen LogP contribution is 2.27. The van der Waals surface area contributed by atoms with Crippen molar-refractivity contribution in [2.75, 3.05) is 12.0 Å². The van der Waals surface area contributed by atoms with Gasteiger partial charge in [-0.3, -0.25) is 4.79 Å². The van der Waals surface area contributed by atoms with Crippen LogP contribution in [0.5, 0.6) is 0 Å². The number of carbonyl (C=O) groups excluding carboxylic acids is 1. The van der Waals surface area contributed by atoms with Crippen LogP contribution < -0.4 is 5.73 Å². The number of carbonyl (C=O) groups is 1. The highest BCUT2D eigenvalue weighted by Gasteiger charge is 2.18. The lowest BCUT2D eigenvalue weighted by molar-refractivity contribution is 0.0990. The first-order valence-corrected chi connectivity index (χ1v) is 5.84. The van der Waals surface area contributed by atoms with Crippen molar-refractivity contribution in [3.63, 3.8) is 0 Å². The summed E-state index contributed by atoms with van der Waals surface area (Å²) in [6.07, 6.45) is 1.91. The smallest absolute Gasteiger partial charge is 0.183 e. The summed E-state index contributed by atoms with van der Waals surface area (Å²) in [4.78, 5) is 12.6. The van der Waals surface area contributed by atoms with Gasteiger partial charge in [0.05, 0.1) is 10.9 Å². The van der Waals surface area contributed by atoms with E-state index in [4.69, 9.17) is 17.3 Å². The van der Waals surface area contributed by atoms with Crippen molar-refractivity contribution in [2.45, 2.75) is 17.2 Å². The summed E-state index contributed by atoms with van der Waals surface area (Å²) in [6.45, 7) is 1.65. The summed E-state index contributed by atoms with van der Waals surface area (Å²) < 4.78 is 0. The molecule has 2 nitrogen and oxygen atoms in total. The van der Waals surface area contributed by atoms with E-state index in [2.05, 4.69) is 0 Å². The Morgan fingerprint density at radius 3 is 2.71 bits per heavy atom. The molecule has 1 unspecified atom stereocenters. The lowest BCUT2D eigenvalue weighted by Gasteiger charge is -2.10. The number of rotatable bonds is 3. The molecule has 0 spiro atoms. The number of hydrogen-bond donors (Lipinski definition) is 1. The van der Waals surface area contributed by atoms with Crippen molar-refractivity contribution in [1.29, 1.82) is 0 Å². The molecule has 4 heteroatoms. The molecule has 0 aromatic heterocycles. The molecule has 2 N–H and O–H groups in total. The summed E-state index contributed by atoms with van der Waals surface area (Å²) in [5.74, 6) is -0.117. The largest absolute Gasteiger partial charge is 0.398 e. The second-order valence-corrected chi connectivity index (χ2v) is 4.41. The van der Waals surface area contributed by atoms with Crippen LogP contribution in [0, 0.1) is 0 Å². The molecule has 0 fully saturated rings. The summed E-state index contributed by atoms with van der Waals surface area (Å²) in [6, 6.07) is 5.41. The third kappa shape index (κ3) is 2.22. The number of thioether (sulfide) groups is 1. The number of benzene rings is 1. The average Bonchev–Trinajstić information content (AvgIpc) is 2.16. The Balaban J connectivity index is 3.23. The SMILES string of the molecule is CSc1cccc(N)c1C(=O)C(C)Cl. The highest BCUT2D eigenvalue weighted by molar-refractivity contribution is 7.98. The summed E-state index contributed by atoms with van der Waals surface area (Å²) in [5, 5.41) is -0.536. The Labute approximate surface area is 92.8 Å². The highest BCUT2D eigenvalue weighted by atomic mass is 35.5. The van der Waals surface area contributed by atoms with Gasteiger partial charge in [-0.25, -0.2) is 0 Å². The first-order valence-electron chi connectivity index (χ1n) is 4.18. The summed E-state index contributed by atoms with van der Waals surface area (Å²) in [7, 11) is 0. The zero-order valence-corrected chi connectivity index (χ0v) is 9.65. The number of anilines is 1. The van der Waals surface area contributed by atoms with E-state index in [0.29, 0.717) is 11.3 Å². The Hall–Kier alpha value is -0.670. The van der Waals surface area contributed by atoms with E-state index in [1.54, 1.807) is 13.0 Å². The minimum absolute atomic E-state index is 0.117. The van der Waals surface area contributed by atoms with E-state index in [1.165, 1.54) is 11.8 Å². The van der Waals surface area contributed by atoms with Gasteiger partial charge in [-0.2, -0.15) is 0 Å². The predicted octanol–water partition coefficient (Wildman–Crippen LogP) is 2.80. The van der Waals surface area contributed by atoms with Gasteiger partial charge in [0.2, 0.25) is 0 Å². The number of halogens is 1. The Bertz CT molecular complexity index is 352. The van der Waals surface area contributed by atoms with Crippen molar-refractivity contribution in [3.05, 3.63) is 23.8 Å². The molecule has 0 bridgehead atoms. The Morgan fingerprint density at radius 1 is 1.57 bits per heavy atom. The average molecular weight is 230 g/mol. The van der Waals surface area contributed by atoms with Crippen LogP contribution in [0.3, 0.4) is 0 Å². The number of ketones is 1. The molecule has 0 saturated carbocycles.